The molecule has 2 aromatic heterocycles. The van der Waals surface area contributed by atoms with Gasteiger partial charge in [-0.05, 0) is 46.8 Å². The predicted octanol–water partition coefficient (Wildman–Crippen LogP) is 3.92. The Bertz CT molecular complexity index is 719. The van der Waals surface area contributed by atoms with Gasteiger partial charge in [0.2, 0.25) is 0 Å². The SMILES string of the molecule is Cc1[nH]nc(-c2ccoc2)c1C=C(F)B1OC(C)(C)C(C)(C)O1. The van der Waals surface area contributed by atoms with Crippen LogP contribution in [-0.2, 0) is 9.31 Å². The maximum atomic E-state index is 14.7. The van der Waals surface area contributed by atoms with E-state index in [1.165, 1.54) is 6.08 Å². The van der Waals surface area contributed by atoms with Crippen molar-refractivity contribution in [3.05, 3.63) is 35.6 Å². The molecule has 5 nitrogen and oxygen atoms in total. The molecule has 0 spiro atoms. The zero-order chi connectivity index (χ0) is 16.8. The monoisotopic (exact) mass is 318 g/mol. The second-order valence-electron chi connectivity index (χ2n) is 6.74. The Kier molecular flexibility index (Phi) is 3.73. The molecule has 1 aliphatic rings. The molecule has 1 N–H and O–H groups in total. The molecule has 1 aliphatic heterocycles. The van der Waals surface area contributed by atoms with E-state index in [-0.39, 0.29) is 0 Å². The third kappa shape index (κ3) is 2.75. The topological polar surface area (TPSA) is 60.3 Å². The number of H-pyrrole nitrogens is 1. The van der Waals surface area contributed by atoms with Gasteiger partial charge in [0.25, 0.3) is 0 Å². The first-order valence-electron chi connectivity index (χ1n) is 7.51. The van der Waals surface area contributed by atoms with Crippen LogP contribution in [0.5, 0.6) is 0 Å². The van der Waals surface area contributed by atoms with Gasteiger partial charge in [-0.3, -0.25) is 5.10 Å². The number of hydrogen-bond acceptors (Lipinski definition) is 4. The summed E-state index contributed by atoms with van der Waals surface area (Å²) in [7, 11) is -1.02. The van der Waals surface area contributed by atoms with Crippen molar-refractivity contribution < 1.29 is 18.1 Å². The van der Waals surface area contributed by atoms with Gasteiger partial charge in [0.1, 0.15) is 11.4 Å². The quantitative estimate of drug-likeness (QED) is 0.871. The molecule has 0 amide bonds. The van der Waals surface area contributed by atoms with E-state index in [1.807, 2.05) is 34.6 Å². The minimum absolute atomic E-state index is 0.488. The molecule has 1 saturated heterocycles. The second kappa shape index (κ2) is 5.35. The van der Waals surface area contributed by atoms with Crippen molar-refractivity contribution in [3.63, 3.8) is 0 Å². The first kappa shape index (κ1) is 16.0. The Morgan fingerprint density at radius 3 is 2.48 bits per heavy atom. The Morgan fingerprint density at radius 2 is 1.91 bits per heavy atom. The highest BCUT2D eigenvalue weighted by Gasteiger charge is 2.53. The van der Waals surface area contributed by atoms with Gasteiger partial charge in [0.05, 0.1) is 23.7 Å². The highest BCUT2D eigenvalue weighted by Crippen LogP contribution is 2.39. The molecule has 23 heavy (non-hydrogen) atoms. The summed E-state index contributed by atoms with van der Waals surface area (Å²) < 4.78 is 31.2. The minimum Gasteiger partial charge on any atom is -0.472 e. The molecular formula is C16H20BFN2O3. The number of aromatic nitrogens is 2. The highest BCUT2D eigenvalue weighted by atomic mass is 19.1. The van der Waals surface area contributed by atoms with Crippen molar-refractivity contribution in [3.8, 4) is 11.3 Å². The minimum atomic E-state index is -1.02. The van der Waals surface area contributed by atoms with Crippen LogP contribution in [0.1, 0.15) is 39.0 Å². The smallest absolute Gasteiger partial charge is 0.472 e. The highest BCUT2D eigenvalue weighted by molar-refractivity contribution is 6.54. The Morgan fingerprint density at radius 1 is 1.26 bits per heavy atom. The number of hydrogen-bond donors (Lipinski definition) is 1. The molecular weight excluding hydrogens is 298 g/mol. The van der Waals surface area contributed by atoms with Crippen LogP contribution in [0.25, 0.3) is 17.3 Å². The van der Waals surface area contributed by atoms with Crippen molar-refractivity contribution in [1.29, 1.82) is 0 Å². The van der Waals surface area contributed by atoms with Gasteiger partial charge < -0.3 is 13.7 Å². The van der Waals surface area contributed by atoms with Crippen molar-refractivity contribution in [2.75, 3.05) is 0 Å². The van der Waals surface area contributed by atoms with E-state index >= 15 is 0 Å². The van der Waals surface area contributed by atoms with Gasteiger partial charge in [-0.2, -0.15) is 5.10 Å². The van der Waals surface area contributed by atoms with Crippen molar-refractivity contribution in [1.82, 2.24) is 10.2 Å². The molecule has 2 aromatic rings. The lowest BCUT2D eigenvalue weighted by atomic mass is 9.86. The van der Waals surface area contributed by atoms with E-state index in [4.69, 9.17) is 13.7 Å². The summed E-state index contributed by atoms with van der Waals surface area (Å²) in [6.45, 7) is 9.39. The Hall–Kier alpha value is -1.86. The fourth-order valence-electron chi connectivity index (χ4n) is 2.40. The average molecular weight is 318 g/mol. The lowest BCUT2D eigenvalue weighted by Crippen LogP contribution is -2.41. The van der Waals surface area contributed by atoms with Crippen molar-refractivity contribution in [2.24, 2.45) is 0 Å². The number of furan rings is 1. The Labute approximate surface area is 135 Å². The van der Waals surface area contributed by atoms with Crippen LogP contribution in [-0.4, -0.2) is 28.5 Å². The van der Waals surface area contributed by atoms with Gasteiger partial charge in [-0.1, -0.05) is 0 Å². The zero-order valence-corrected chi connectivity index (χ0v) is 13.9. The van der Waals surface area contributed by atoms with Crippen molar-refractivity contribution >= 4 is 13.2 Å². The Balaban J connectivity index is 1.93. The molecule has 0 aliphatic carbocycles. The first-order valence-corrected chi connectivity index (χ1v) is 7.51. The van der Waals surface area contributed by atoms with Gasteiger partial charge in [0, 0.05) is 16.8 Å². The molecule has 122 valence electrons. The number of aryl methyl sites for hydroxylation is 1. The van der Waals surface area contributed by atoms with Crippen LogP contribution in [0.4, 0.5) is 4.39 Å². The van der Waals surface area contributed by atoms with Crippen LogP contribution in [0, 0.1) is 6.92 Å². The van der Waals surface area contributed by atoms with E-state index in [0.29, 0.717) is 11.3 Å². The summed E-state index contributed by atoms with van der Waals surface area (Å²) in [4.78, 5) is 0. The van der Waals surface area contributed by atoms with Crippen LogP contribution < -0.4 is 0 Å². The van der Waals surface area contributed by atoms with Crippen LogP contribution in [0.15, 0.2) is 28.7 Å². The molecule has 0 unspecified atom stereocenters. The first-order chi connectivity index (χ1) is 10.7. The molecule has 0 bridgehead atoms. The molecule has 0 saturated carbocycles. The molecule has 0 aromatic carbocycles. The molecule has 3 rings (SSSR count). The largest absolute Gasteiger partial charge is 0.525 e. The number of halogens is 1. The summed E-state index contributed by atoms with van der Waals surface area (Å²) in [5.41, 5.74) is 1.17. The standard InChI is InChI=1S/C16H20BFN2O3/c1-10-12(14(20-19-10)11-6-7-21-9-11)8-13(18)17-22-15(2,3)16(4,5)23-17/h6-9H,1-5H3,(H,19,20). The summed E-state index contributed by atoms with van der Waals surface area (Å²) in [6, 6.07) is 1.78. The van der Waals surface area contributed by atoms with E-state index in [2.05, 4.69) is 10.2 Å². The van der Waals surface area contributed by atoms with E-state index in [1.54, 1.807) is 18.6 Å². The zero-order valence-electron chi connectivity index (χ0n) is 13.9. The number of rotatable bonds is 3. The average Bonchev–Trinajstić information content (AvgIpc) is 3.12. The van der Waals surface area contributed by atoms with Crippen LogP contribution in [0.2, 0.25) is 0 Å². The number of nitrogens with zero attached hydrogens (tertiary/aromatic N) is 1. The third-order valence-electron chi connectivity index (χ3n) is 4.55. The van der Waals surface area contributed by atoms with Gasteiger partial charge in [-0.15, -0.1) is 0 Å². The third-order valence-corrected chi connectivity index (χ3v) is 4.55. The maximum Gasteiger partial charge on any atom is 0.525 e. The van der Waals surface area contributed by atoms with Gasteiger partial charge in [-0.25, -0.2) is 4.39 Å². The van der Waals surface area contributed by atoms with Crippen LogP contribution >= 0.6 is 0 Å². The summed E-state index contributed by atoms with van der Waals surface area (Å²) in [5, 5.41) is 7.09. The predicted molar refractivity (Wildman–Crippen MR) is 86.2 cm³/mol. The normalized spacial score (nSPS) is 20.3. The van der Waals surface area contributed by atoms with Gasteiger partial charge >= 0.3 is 7.12 Å². The summed E-state index contributed by atoms with van der Waals surface area (Å²) in [6.07, 6.45) is 4.53. The fourth-order valence-corrected chi connectivity index (χ4v) is 2.40. The van der Waals surface area contributed by atoms with E-state index < -0.39 is 24.0 Å². The summed E-state index contributed by atoms with van der Waals surface area (Å²) in [5.74, 6) is 0. The van der Waals surface area contributed by atoms with Gasteiger partial charge in [0.15, 0.2) is 0 Å². The molecule has 0 radical (unpaired) electrons. The maximum absolute atomic E-state index is 14.7. The lowest BCUT2D eigenvalue weighted by Gasteiger charge is -2.32. The second-order valence-corrected chi connectivity index (χ2v) is 6.74. The lowest BCUT2D eigenvalue weighted by molar-refractivity contribution is 0.00578. The fraction of sp³-hybridized carbons (Fsp3) is 0.438. The van der Waals surface area contributed by atoms with E-state index in [9.17, 15) is 4.39 Å². The molecule has 1 fully saturated rings. The number of nitrogens with one attached hydrogen (secondary N) is 1. The number of aromatic amines is 1. The van der Waals surface area contributed by atoms with Crippen LogP contribution in [0.3, 0.4) is 0 Å². The molecule has 0 atom stereocenters. The molecule has 7 heteroatoms. The summed E-state index contributed by atoms with van der Waals surface area (Å²) >= 11 is 0. The molecule has 3 heterocycles. The van der Waals surface area contributed by atoms with E-state index in [0.717, 1.165) is 11.3 Å². The van der Waals surface area contributed by atoms with Crippen molar-refractivity contribution in [2.45, 2.75) is 45.8 Å².